The van der Waals surface area contributed by atoms with Crippen LogP contribution in [0.1, 0.15) is 50.4 Å². The number of rotatable bonds is 5. The molecular formula is C20H26N4O2. The summed E-state index contributed by atoms with van der Waals surface area (Å²) in [6, 6.07) is 7.46. The zero-order valence-electron chi connectivity index (χ0n) is 16.1. The molecule has 0 atom stereocenters. The maximum absolute atomic E-state index is 9.22. The molecule has 1 aromatic heterocycles. The highest BCUT2D eigenvalue weighted by Crippen LogP contribution is 2.22. The van der Waals surface area contributed by atoms with E-state index in [1.165, 1.54) is 12.8 Å². The van der Waals surface area contributed by atoms with Crippen molar-refractivity contribution in [2.45, 2.75) is 33.6 Å². The van der Waals surface area contributed by atoms with Crippen molar-refractivity contribution in [3.63, 3.8) is 0 Å². The molecule has 0 aliphatic heterocycles. The van der Waals surface area contributed by atoms with E-state index in [1.807, 2.05) is 6.92 Å². The van der Waals surface area contributed by atoms with E-state index in [0.717, 1.165) is 5.56 Å². The number of unbranched alkanes of at least 4 members (excludes halogenated alkanes) is 1. The summed E-state index contributed by atoms with van der Waals surface area (Å²) >= 11 is 0. The molecule has 0 saturated heterocycles. The van der Waals surface area contributed by atoms with Crippen LogP contribution >= 0.6 is 0 Å². The number of anilines is 1. The van der Waals surface area contributed by atoms with Gasteiger partial charge in [0.1, 0.15) is 28.8 Å². The highest BCUT2D eigenvalue weighted by molar-refractivity contribution is 5.60. The van der Waals surface area contributed by atoms with Gasteiger partial charge in [-0.1, -0.05) is 32.6 Å². The molecule has 0 spiro atoms. The molecule has 0 bridgehead atoms. The molecule has 0 radical (unpaired) electrons. The molecule has 26 heavy (non-hydrogen) atoms. The van der Waals surface area contributed by atoms with Crippen molar-refractivity contribution >= 4 is 5.82 Å². The molecule has 0 unspecified atom stereocenters. The maximum atomic E-state index is 9.22. The van der Waals surface area contributed by atoms with Crippen molar-refractivity contribution in [3.8, 4) is 29.4 Å². The van der Waals surface area contributed by atoms with Gasteiger partial charge in [0.2, 0.25) is 0 Å². The highest BCUT2D eigenvalue weighted by Gasteiger charge is 2.10. The van der Waals surface area contributed by atoms with Gasteiger partial charge in [-0.3, -0.25) is 5.10 Å². The lowest BCUT2D eigenvalue weighted by Gasteiger charge is -2.04. The normalized spacial score (nSPS) is 9.08. The van der Waals surface area contributed by atoms with Crippen LogP contribution in [0.3, 0.4) is 0 Å². The Hall–Kier alpha value is -3.12. The minimum Gasteiger partial charge on any atom is -0.497 e. The molecule has 0 aliphatic carbocycles. The van der Waals surface area contributed by atoms with Crippen molar-refractivity contribution in [2.24, 2.45) is 0 Å². The summed E-state index contributed by atoms with van der Waals surface area (Å²) in [6.07, 6.45) is 2.64. The first-order valence-electron chi connectivity index (χ1n) is 8.60. The van der Waals surface area contributed by atoms with Crippen molar-refractivity contribution in [3.05, 3.63) is 35.0 Å². The average molecular weight is 354 g/mol. The Morgan fingerprint density at radius 3 is 2.12 bits per heavy atom. The van der Waals surface area contributed by atoms with Gasteiger partial charge in [0.15, 0.2) is 5.82 Å². The molecule has 2 N–H and O–H groups in total. The third-order valence-electron chi connectivity index (χ3n) is 3.41. The Balaban J connectivity index is 0.000000765. The number of hydrogen-bond acceptors (Lipinski definition) is 5. The van der Waals surface area contributed by atoms with E-state index in [4.69, 9.17) is 9.47 Å². The van der Waals surface area contributed by atoms with Crippen LogP contribution < -0.4 is 14.8 Å². The fourth-order valence-corrected chi connectivity index (χ4v) is 1.85. The first kappa shape index (κ1) is 20.9. The smallest absolute Gasteiger partial charge is 0.167 e. The van der Waals surface area contributed by atoms with Crippen LogP contribution in [0, 0.1) is 23.2 Å². The number of ether oxygens (including phenoxy) is 2. The number of nitrogens with one attached hydrogen (secondary N) is 2. The van der Waals surface area contributed by atoms with Crippen LogP contribution in [0.2, 0.25) is 0 Å². The van der Waals surface area contributed by atoms with E-state index < -0.39 is 0 Å². The predicted molar refractivity (Wildman–Crippen MR) is 104 cm³/mol. The molecule has 1 heterocycles. The average Bonchev–Trinajstić information content (AvgIpc) is 3.08. The third-order valence-corrected chi connectivity index (χ3v) is 3.41. The van der Waals surface area contributed by atoms with Crippen LogP contribution in [0.25, 0.3) is 0 Å². The number of hydrogen-bond donors (Lipinski definition) is 2. The lowest BCUT2D eigenvalue weighted by molar-refractivity contribution is 0.394. The molecule has 0 saturated carbocycles. The van der Waals surface area contributed by atoms with E-state index in [-0.39, 0.29) is 0 Å². The molecular weight excluding hydrogens is 328 g/mol. The van der Waals surface area contributed by atoms with E-state index in [2.05, 4.69) is 47.3 Å². The molecule has 0 fully saturated rings. The Kier molecular flexibility index (Phi) is 9.20. The monoisotopic (exact) mass is 354 g/mol. The molecule has 6 nitrogen and oxygen atoms in total. The van der Waals surface area contributed by atoms with Gasteiger partial charge in [0.05, 0.1) is 14.2 Å². The van der Waals surface area contributed by atoms with E-state index >= 15 is 0 Å². The molecule has 2 aromatic rings. The maximum Gasteiger partial charge on any atom is 0.167 e. The van der Waals surface area contributed by atoms with Gasteiger partial charge < -0.3 is 14.8 Å². The molecule has 2 rings (SSSR count). The largest absolute Gasteiger partial charge is 0.497 e. The number of nitrogens with zero attached hydrogens (tertiary/aromatic N) is 2. The number of aromatic nitrogens is 2. The fraction of sp³-hybridized carbons (Fsp3) is 0.400. The van der Waals surface area contributed by atoms with Crippen LogP contribution in [0.4, 0.5) is 5.82 Å². The zero-order chi connectivity index (χ0) is 19.4. The van der Waals surface area contributed by atoms with Gasteiger partial charge in [0.25, 0.3) is 0 Å². The Bertz CT molecular complexity index is 770. The van der Waals surface area contributed by atoms with E-state index in [1.54, 1.807) is 32.4 Å². The summed E-state index contributed by atoms with van der Waals surface area (Å²) < 4.78 is 10.4. The van der Waals surface area contributed by atoms with E-state index in [9.17, 15) is 5.26 Å². The van der Waals surface area contributed by atoms with Gasteiger partial charge in [-0.05, 0) is 25.0 Å². The summed E-state index contributed by atoms with van der Waals surface area (Å²) in [7, 11) is 3.16. The minimum absolute atomic E-state index is 0.407. The predicted octanol–water partition coefficient (Wildman–Crippen LogP) is 3.94. The van der Waals surface area contributed by atoms with Gasteiger partial charge in [0, 0.05) is 18.2 Å². The summed E-state index contributed by atoms with van der Waals surface area (Å²) in [4.78, 5) is 0. The van der Waals surface area contributed by atoms with Gasteiger partial charge in [-0.25, -0.2) is 0 Å². The van der Waals surface area contributed by atoms with Gasteiger partial charge in [-0.2, -0.15) is 10.4 Å². The van der Waals surface area contributed by atoms with Gasteiger partial charge >= 0.3 is 0 Å². The summed E-state index contributed by atoms with van der Waals surface area (Å²) in [5.41, 5.74) is 1.60. The standard InChI is InChI=1S/C16H16N4O2.C4H10/c1-4-18-16-14(10-17)15(19-20-16)6-5-11-7-12(21-2)9-13(8-11)22-3;1-3-4-2/h7-9H,4H2,1-3H3,(H2,18,19,20);3-4H2,1-2H3. The lowest BCUT2D eigenvalue weighted by atomic mass is 10.2. The first-order chi connectivity index (χ1) is 12.6. The van der Waals surface area contributed by atoms with Crippen LogP contribution in [-0.2, 0) is 0 Å². The van der Waals surface area contributed by atoms with Crippen LogP contribution in [0.5, 0.6) is 11.5 Å². The number of benzene rings is 1. The summed E-state index contributed by atoms with van der Waals surface area (Å²) in [5.74, 6) is 7.72. The Labute approximate surface area is 155 Å². The number of nitriles is 1. The Morgan fingerprint density at radius 1 is 1.04 bits per heavy atom. The van der Waals surface area contributed by atoms with Crippen LogP contribution in [-0.4, -0.2) is 31.0 Å². The van der Waals surface area contributed by atoms with Crippen molar-refractivity contribution in [1.82, 2.24) is 10.2 Å². The van der Waals surface area contributed by atoms with Crippen molar-refractivity contribution < 1.29 is 9.47 Å². The number of H-pyrrole nitrogens is 1. The molecule has 138 valence electrons. The SMILES string of the molecule is CCCC.CCNc1n[nH]c(C#Cc2cc(OC)cc(OC)c2)c1C#N. The van der Waals surface area contributed by atoms with E-state index in [0.29, 0.717) is 35.1 Å². The lowest BCUT2D eigenvalue weighted by Crippen LogP contribution is -1.98. The molecule has 0 amide bonds. The zero-order valence-corrected chi connectivity index (χ0v) is 16.1. The summed E-state index contributed by atoms with van der Waals surface area (Å²) in [5, 5.41) is 19.0. The third kappa shape index (κ3) is 6.07. The second-order valence-corrected chi connectivity index (χ2v) is 5.32. The van der Waals surface area contributed by atoms with Crippen molar-refractivity contribution in [2.75, 3.05) is 26.1 Å². The fourth-order valence-electron chi connectivity index (χ4n) is 1.85. The summed E-state index contributed by atoms with van der Waals surface area (Å²) in [6.45, 7) is 6.98. The number of methoxy groups -OCH3 is 2. The second kappa shape index (κ2) is 11.4. The minimum atomic E-state index is 0.407. The highest BCUT2D eigenvalue weighted by atomic mass is 16.5. The van der Waals surface area contributed by atoms with Gasteiger partial charge in [-0.15, -0.1) is 0 Å². The molecule has 1 aromatic carbocycles. The Morgan fingerprint density at radius 2 is 1.65 bits per heavy atom. The topological polar surface area (TPSA) is 83.0 Å². The van der Waals surface area contributed by atoms with Crippen LogP contribution in [0.15, 0.2) is 18.2 Å². The molecule has 6 heteroatoms. The number of aromatic amines is 1. The van der Waals surface area contributed by atoms with Crippen molar-refractivity contribution in [1.29, 1.82) is 5.26 Å². The quantitative estimate of drug-likeness (QED) is 0.795. The first-order valence-corrected chi connectivity index (χ1v) is 8.60. The second-order valence-electron chi connectivity index (χ2n) is 5.32. The molecule has 0 aliphatic rings.